The van der Waals surface area contributed by atoms with Crippen LogP contribution in [0.1, 0.15) is 11.1 Å². The van der Waals surface area contributed by atoms with Crippen LogP contribution >= 0.6 is 0 Å². The first kappa shape index (κ1) is 24.4. The minimum absolute atomic E-state index is 0.406. The molecule has 5 rings (SSSR count). The van der Waals surface area contributed by atoms with E-state index in [0.29, 0.717) is 29.8 Å². The lowest BCUT2D eigenvalue weighted by molar-refractivity contribution is 0.305. The van der Waals surface area contributed by atoms with Gasteiger partial charge in [-0.3, -0.25) is 0 Å². The van der Waals surface area contributed by atoms with E-state index in [2.05, 4.69) is 87.9 Å². The Hall–Kier alpha value is -4.30. The fourth-order valence-corrected chi connectivity index (χ4v) is 4.16. The summed E-state index contributed by atoms with van der Waals surface area (Å²) in [5.41, 5.74) is 12.0. The molecule has 0 aliphatic carbocycles. The number of piperazine rings is 1. The van der Waals surface area contributed by atoms with Crippen molar-refractivity contribution in [3.8, 4) is 5.75 Å². The van der Waals surface area contributed by atoms with E-state index in [-0.39, 0.29) is 0 Å². The second-order valence-electron chi connectivity index (χ2n) is 9.36. The molecule has 1 fully saturated rings. The molecule has 1 saturated heterocycles. The zero-order chi connectivity index (χ0) is 25.6. The summed E-state index contributed by atoms with van der Waals surface area (Å²) in [4.78, 5) is 14.0. The van der Waals surface area contributed by atoms with Crippen LogP contribution in [0, 0.1) is 6.92 Å². The van der Waals surface area contributed by atoms with Crippen molar-refractivity contribution in [3.05, 3.63) is 90.1 Å². The summed E-state index contributed by atoms with van der Waals surface area (Å²) in [5.74, 6) is 1.54. The number of nitrogen functional groups attached to an aromatic ring is 1. The topological polar surface area (TPSA) is 91.6 Å². The minimum atomic E-state index is 0.406. The standard InChI is InChI=1S/C29H33N7O/c1-21-7-9-22(10-8-21)20-37-27-19-31-29(34-28(27)33-26-6-4-3-5-25(26)30)32-23-11-13-24(14-12-23)36-17-15-35(2)16-18-36/h3-14,19H,15-18,20,30H2,1-2H3,(H2,31,32,33,34). The van der Waals surface area contributed by atoms with Crippen molar-refractivity contribution in [1.82, 2.24) is 14.9 Å². The van der Waals surface area contributed by atoms with E-state index in [0.717, 1.165) is 43.1 Å². The maximum atomic E-state index is 6.17. The van der Waals surface area contributed by atoms with Gasteiger partial charge in [-0.2, -0.15) is 4.98 Å². The Balaban J connectivity index is 1.33. The Morgan fingerprint density at radius 3 is 2.35 bits per heavy atom. The van der Waals surface area contributed by atoms with Crippen molar-refractivity contribution in [2.24, 2.45) is 0 Å². The highest BCUT2D eigenvalue weighted by Gasteiger charge is 2.15. The molecule has 4 aromatic rings. The molecule has 4 N–H and O–H groups in total. The number of aryl methyl sites for hydroxylation is 1. The third-order valence-electron chi connectivity index (χ3n) is 6.48. The molecule has 190 valence electrons. The van der Waals surface area contributed by atoms with E-state index < -0.39 is 0 Å². The van der Waals surface area contributed by atoms with E-state index >= 15 is 0 Å². The lowest BCUT2D eigenvalue weighted by Gasteiger charge is -2.34. The van der Waals surface area contributed by atoms with Crippen molar-refractivity contribution in [3.63, 3.8) is 0 Å². The average molecular weight is 496 g/mol. The van der Waals surface area contributed by atoms with Gasteiger partial charge in [-0.05, 0) is 55.9 Å². The Kier molecular flexibility index (Phi) is 7.37. The molecule has 8 nitrogen and oxygen atoms in total. The van der Waals surface area contributed by atoms with Crippen LogP contribution in [0.3, 0.4) is 0 Å². The number of benzene rings is 3. The Morgan fingerprint density at radius 1 is 0.892 bits per heavy atom. The van der Waals surface area contributed by atoms with Crippen LogP contribution in [0.15, 0.2) is 79.0 Å². The van der Waals surface area contributed by atoms with Crippen molar-refractivity contribution in [1.29, 1.82) is 0 Å². The number of hydrogen-bond acceptors (Lipinski definition) is 8. The van der Waals surface area contributed by atoms with E-state index in [9.17, 15) is 0 Å². The maximum absolute atomic E-state index is 6.17. The van der Waals surface area contributed by atoms with Crippen LogP contribution in [0.5, 0.6) is 5.75 Å². The van der Waals surface area contributed by atoms with Gasteiger partial charge in [0.25, 0.3) is 0 Å². The average Bonchev–Trinajstić information content (AvgIpc) is 2.91. The molecule has 1 aliphatic rings. The van der Waals surface area contributed by atoms with Crippen molar-refractivity contribution >= 4 is 34.5 Å². The predicted molar refractivity (Wildman–Crippen MR) is 151 cm³/mol. The molecule has 37 heavy (non-hydrogen) atoms. The normalized spacial score (nSPS) is 13.8. The largest absolute Gasteiger partial charge is 0.483 e. The molecule has 0 saturated carbocycles. The Labute approximate surface area is 218 Å². The summed E-state index contributed by atoms with van der Waals surface area (Å²) in [7, 11) is 2.17. The van der Waals surface area contributed by atoms with Gasteiger partial charge in [-0.15, -0.1) is 0 Å². The first-order valence-corrected chi connectivity index (χ1v) is 12.5. The zero-order valence-corrected chi connectivity index (χ0v) is 21.3. The highest BCUT2D eigenvalue weighted by Crippen LogP contribution is 2.30. The Bertz CT molecular complexity index is 1320. The van der Waals surface area contributed by atoms with Crippen molar-refractivity contribution < 1.29 is 4.74 Å². The zero-order valence-electron chi connectivity index (χ0n) is 21.3. The van der Waals surface area contributed by atoms with Crippen LogP contribution in [-0.4, -0.2) is 48.1 Å². The number of aromatic nitrogens is 2. The lowest BCUT2D eigenvalue weighted by Crippen LogP contribution is -2.44. The van der Waals surface area contributed by atoms with Crippen LogP contribution in [-0.2, 0) is 6.61 Å². The molecule has 0 unspecified atom stereocenters. The van der Waals surface area contributed by atoms with Gasteiger partial charge in [-0.25, -0.2) is 4.98 Å². The van der Waals surface area contributed by atoms with Gasteiger partial charge in [0.1, 0.15) is 6.61 Å². The van der Waals surface area contributed by atoms with Gasteiger partial charge in [0.15, 0.2) is 11.6 Å². The maximum Gasteiger partial charge on any atom is 0.229 e. The number of ether oxygens (including phenoxy) is 1. The first-order chi connectivity index (χ1) is 18.0. The molecule has 0 radical (unpaired) electrons. The molecular weight excluding hydrogens is 462 g/mol. The van der Waals surface area contributed by atoms with E-state index in [4.69, 9.17) is 15.5 Å². The van der Waals surface area contributed by atoms with Gasteiger partial charge in [0, 0.05) is 37.6 Å². The predicted octanol–water partition coefficient (Wildman–Crippen LogP) is 5.19. The summed E-state index contributed by atoms with van der Waals surface area (Å²) >= 11 is 0. The number of nitrogens with zero attached hydrogens (tertiary/aromatic N) is 4. The number of hydrogen-bond donors (Lipinski definition) is 3. The van der Waals surface area contributed by atoms with Gasteiger partial charge >= 0.3 is 0 Å². The fraction of sp³-hybridized carbons (Fsp3) is 0.241. The van der Waals surface area contributed by atoms with Crippen LogP contribution in [0.2, 0.25) is 0 Å². The number of nitrogens with one attached hydrogen (secondary N) is 2. The molecule has 8 heteroatoms. The fourth-order valence-electron chi connectivity index (χ4n) is 4.16. The van der Waals surface area contributed by atoms with Crippen LogP contribution in [0.25, 0.3) is 0 Å². The summed E-state index contributed by atoms with van der Waals surface area (Å²) < 4.78 is 6.11. The van der Waals surface area contributed by atoms with E-state index in [1.165, 1.54) is 11.3 Å². The van der Waals surface area contributed by atoms with Crippen molar-refractivity contribution in [2.75, 3.05) is 54.5 Å². The molecule has 0 atom stereocenters. The quantitative estimate of drug-likeness (QED) is 0.288. The first-order valence-electron chi connectivity index (χ1n) is 12.5. The van der Waals surface area contributed by atoms with Crippen LogP contribution < -0.4 is 26.0 Å². The number of likely N-dealkylation sites (N-methyl/N-ethyl adjacent to an activating group) is 1. The molecule has 0 amide bonds. The monoisotopic (exact) mass is 495 g/mol. The molecule has 0 spiro atoms. The van der Waals surface area contributed by atoms with Gasteiger partial charge in [0.2, 0.25) is 5.95 Å². The molecule has 1 aromatic heterocycles. The van der Waals surface area contributed by atoms with Gasteiger partial charge in [0.05, 0.1) is 17.6 Å². The summed E-state index contributed by atoms with van der Waals surface area (Å²) in [6.07, 6.45) is 1.68. The second-order valence-corrected chi connectivity index (χ2v) is 9.36. The highest BCUT2D eigenvalue weighted by atomic mass is 16.5. The second kappa shape index (κ2) is 11.2. The number of anilines is 6. The lowest BCUT2D eigenvalue weighted by atomic mass is 10.2. The van der Waals surface area contributed by atoms with Gasteiger partial charge in [-0.1, -0.05) is 42.0 Å². The van der Waals surface area contributed by atoms with E-state index in [1.807, 2.05) is 24.3 Å². The number of para-hydroxylation sites is 2. The third kappa shape index (κ3) is 6.29. The molecule has 0 bridgehead atoms. The molecular formula is C29H33N7O. The molecule has 3 aromatic carbocycles. The molecule has 1 aliphatic heterocycles. The number of rotatable bonds is 8. The highest BCUT2D eigenvalue weighted by molar-refractivity contribution is 5.74. The summed E-state index contributed by atoms with van der Waals surface area (Å²) in [6.45, 7) is 6.70. The van der Waals surface area contributed by atoms with Crippen LogP contribution in [0.4, 0.5) is 34.5 Å². The summed E-state index contributed by atoms with van der Waals surface area (Å²) in [5, 5.41) is 6.63. The third-order valence-corrected chi connectivity index (χ3v) is 6.48. The smallest absolute Gasteiger partial charge is 0.229 e. The SMILES string of the molecule is Cc1ccc(COc2cnc(Nc3ccc(N4CCN(C)CC4)cc3)nc2Nc2ccccc2N)cc1. The summed E-state index contributed by atoms with van der Waals surface area (Å²) in [6, 6.07) is 24.2. The van der Waals surface area contributed by atoms with Crippen molar-refractivity contribution in [2.45, 2.75) is 13.5 Å². The van der Waals surface area contributed by atoms with Gasteiger partial charge < -0.3 is 30.9 Å². The Morgan fingerprint density at radius 2 is 1.62 bits per heavy atom. The minimum Gasteiger partial charge on any atom is -0.483 e. The van der Waals surface area contributed by atoms with E-state index in [1.54, 1.807) is 6.20 Å². The molecule has 2 heterocycles. The number of nitrogens with two attached hydrogens (primary N) is 1.